The number of carbonyl (C=O) groups is 1. The minimum Gasteiger partial charge on any atom is -0.497 e. The Balaban J connectivity index is 2.10. The van der Waals surface area contributed by atoms with Gasteiger partial charge in [0.2, 0.25) is 0 Å². The van der Waals surface area contributed by atoms with Gasteiger partial charge in [-0.05, 0) is 37.1 Å². The Labute approximate surface area is 134 Å². The number of allylic oxidation sites excluding steroid dienone is 1. The SMILES string of the molecule is CCCCCCCC/C=C/COC(=O)c1ccc(OC)cc1. The average molecular weight is 304 g/mol. The summed E-state index contributed by atoms with van der Waals surface area (Å²) in [7, 11) is 1.60. The first-order valence-electron chi connectivity index (χ1n) is 8.24. The maximum absolute atomic E-state index is 11.8. The van der Waals surface area contributed by atoms with E-state index >= 15 is 0 Å². The second-order valence-corrected chi connectivity index (χ2v) is 5.35. The highest BCUT2D eigenvalue weighted by atomic mass is 16.5. The fraction of sp³-hybridized carbons (Fsp3) is 0.526. The monoisotopic (exact) mass is 304 g/mol. The third-order valence-electron chi connectivity index (χ3n) is 3.53. The summed E-state index contributed by atoms with van der Waals surface area (Å²) in [6.07, 6.45) is 12.9. The molecule has 0 fully saturated rings. The largest absolute Gasteiger partial charge is 0.497 e. The molecular weight excluding hydrogens is 276 g/mol. The number of unbranched alkanes of at least 4 members (excludes halogenated alkanes) is 6. The molecule has 1 rings (SSSR count). The van der Waals surface area contributed by atoms with Crippen LogP contribution in [0.15, 0.2) is 36.4 Å². The van der Waals surface area contributed by atoms with Crippen LogP contribution in [-0.4, -0.2) is 19.7 Å². The molecule has 122 valence electrons. The van der Waals surface area contributed by atoms with E-state index in [-0.39, 0.29) is 5.97 Å². The van der Waals surface area contributed by atoms with Gasteiger partial charge in [-0.15, -0.1) is 0 Å². The normalized spacial score (nSPS) is 10.8. The van der Waals surface area contributed by atoms with E-state index in [1.54, 1.807) is 31.4 Å². The van der Waals surface area contributed by atoms with Crippen molar-refractivity contribution in [2.75, 3.05) is 13.7 Å². The van der Waals surface area contributed by atoms with Crippen molar-refractivity contribution >= 4 is 5.97 Å². The quantitative estimate of drug-likeness (QED) is 0.322. The van der Waals surface area contributed by atoms with Crippen molar-refractivity contribution in [2.45, 2.75) is 51.9 Å². The van der Waals surface area contributed by atoms with E-state index in [2.05, 4.69) is 13.0 Å². The number of hydrogen-bond acceptors (Lipinski definition) is 3. The van der Waals surface area contributed by atoms with E-state index in [0.29, 0.717) is 12.2 Å². The fourth-order valence-electron chi connectivity index (χ4n) is 2.16. The summed E-state index contributed by atoms with van der Waals surface area (Å²) < 4.78 is 10.2. The number of rotatable bonds is 11. The predicted octanol–water partition coefficient (Wildman–Crippen LogP) is 5.16. The Hall–Kier alpha value is -1.77. The molecule has 0 aliphatic heterocycles. The van der Waals surface area contributed by atoms with E-state index in [1.807, 2.05) is 6.08 Å². The highest BCUT2D eigenvalue weighted by molar-refractivity contribution is 5.89. The molecule has 0 heterocycles. The summed E-state index contributed by atoms with van der Waals surface area (Å²) in [5, 5.41) is 0. The van der Waals surface area contributed by atoms with Gasteiger partial charge in [0.05, 0.1) is 12.7 Å². The Morgan fingerprint density at radius 2 is 1.68 bits per heavy atom. The van der Waals surface area contributed by atoms with Crippen LogP contribution in [0.5, 0.6) is 5.75 Å². The minimum atomic E-state index is -0.299. The Morgan fingerprint density at radius 3 is 2.36 bits per heavy atom. The molecule has 0 spiro atoms. The van der Waals surface area contributed by atoms with Gasteiger partial charge in [-0.2, -0.15) is 0 Å². The lowest BCUT2D eigenvalue weighted by Gasteiger charge is -2.03. The Bertz CT molecular complexity index is 434. The molecule has 0 amide bonds. The zero-order valence-electron chi connectivity index (χ0n) is 13.8. The van der Waals surface area contributed by atoms with Crippen LogP contribution in [0.1, 0.15) is 62.2 Å². The van der Waals surface area contributed by atoms with E-state index in [9.17, 15) is 4.79 Å². The maximum atomic E-state index is 11.8. The highest BCUT2D eigenvalue weighted by Gasteiger charge is 2.05. The van der Waals surface area contributed by atoms with E-state index in [1.165, 1.54) is 38.5 Å². The lowest BCUT2D eigenvalue weighted by molar-refractivity contribution is 0.0549. The van der Waals surface area contributed by atoms with Crippen LogP contribution >= 0.6 is 0 Å². The fourth-order valence-corrected chi connectivity index (χ4v) is 2.16. The van der Waals surface area contributed by atoms with Crippen molar-refractivity contribution in [1.29, 1.82) is 0 Å². The molecule has 3 nitrogen and oxygen atoms in total. The van der Waals surface area contributed by atoms with Gasteiger partial charge in [-0.25, -0.2) is 4.79 Å². The number of hydrogen-bond donors (Lipinski definition) is 0. The van der Waals surface area contributed by atoms with Crippen molar-refractivity contribution < 1.29 is 14.3 Å². The van der Waals surface area contributed by atoms with Gasteiger partial charge in [0.1, 0.15) is 12.4 Å². The molecule has 0 unspecified atom stereocenters. The van der Waals surface area contributed by atoms with E-state index in [0.717, 1.165) is 12.2 Å². The van der Waals surface area contributed by atoms with Crippen LogP contribution in [0.2, 0.25) is 0 Å². The molecule has 1 aromatic carbocycles. The number of carbonyl (C=O) groups excluding carboxylic acids is 1. The van der Waals surface area contributed by atoms with Crippen LogP contribution in [0.4, 0.5) is 0 Å². The van der Waals surface area contributed by atoms with Crippen LogP contribution < -0.4 is 4.74 Å². The van der Waals surface area contributed by atoms with Gasteiger partial charge in [-0.3, -0.25) is 0 Å². The molecule has 1 aromatic rings. The predicted molar refractivity (Wildman–Crippen MR) is 90.4 cm³/mol. The van der Waals surface area contributed by atoms with Crippen LogP contribution in [0.3, 0.4) is 0 Å². The molecule has 0 aliphatic carbocycles. The van der Waals surface area contributed by atoms with Gasteiger partial charge in [-0.1, -0.05) is 51.2 Å². The third kappa shape index (κ3) is 7.87. The van der Waals surface area contributed by atoms with Gasteiger partial charge in [0.15, 0.2) is 0 Å². The van der Waals surface area contributed by atoms with Crippen LogP contribution in [0.25, 0.3) is 0 Å². The number of esters is 1. The Kier molecular flexibility index (Phi) is 9.84. The molecular formula is C19H28O3. The zero-order valence-corrected chi connectivity index (χ0v) is 13.8. The highest BCUT2D eigenvalue weighted by Crippen LogP contribution is 2.12. The third-order valence-corrected chi connectivity index (χ3v) is 3.53. The first-order valence-corrected chi connectivity index (χ1v) is 8.24. The summed E-state index contributed by atoms with van der Waals surface area (Å²) in [6.45, 7) is 2.57. The molecule has 0 saturated heterocycles. The molecule has 0 N–H and O–H groups in total. The van der Waals surface area contributed by atoms with Crippen molar-refractivity contribution in [2.24, 2.45) is 0 Å². The van der Waals surface area contributed by atoms with Crippen molar-refractivity contribution in [3.8, 4) is 5.75 Å². The first-order chi connectivity index (χ1) is 10.8. The minimum absolute atomic E-state index is 0.299. The second-order valence-electron chi connectivity index (χ2n) is 5.35. The molecule has 0 bridgehead atoms. The second kappa shape index (κ2) is 11.8. The van der Waals surface area contributed by atoms with E-state index < -0.39 is 0 Å². The van der Waals surface area contributed by atoms with Gasteiger partial charge in [0.25, 0.3) is 0 Å². The molecule has 0 radical (unpaired) electrons. The van der Waals surface area contributed by atoms with Gasteiger partial charge in [0, 0.05) is 0 Å². The first kappa shape index (κ1) is 18.3. The van der Waals surface area contributed by atoms with E-state index in [4.69, 9.17) is 9.47 Å². The molecule has 0 atom stereocenters. The van der Waals surface area contributed by atoms with Crippen molar-refractivity contribution in [1.82, 2.24) is 0 Å². The Morgan fingerprint density at radius 1 is 1.00 bits per heavy atom. The van der Waals surface area contributed by atoms with Gasteiger partial charge < -0.3 is 9.47 Å². The number of methoxy groups -OCH3 is 1. The molecule has 0 saturated carbocycles. The average Bonchev–Trinajstić information content (AvgIpc) is 2.56. The molecule has 0 aliphatic rings. The molecule has 3 heteroatoms. The van der Waals surface area contributed by atoms with Crippen LogP contribution in [0, 0.1) is 0 Å². The topological polar surface area (TPSA) is 35.5 Å². The van der Waals surface area contributed by atoms with Gasteiger partial charge >= 0.3 is 5.97 Å². The van der Waals surface area contributed by atoms with Crippen molar-refractivity contribution in [3.63, 3.8) is 0 Å². The molecule has 0 aromatic heterocycles. The number of benzene rings is 1. The van der Waals surface area contributed by atoms with Crippen LogP contribution in [-0.2, 0) is 4.74 Å². The summed E-state index contributed by atoms with van der Waals surface area (Å²) in [4.78, 5) is 11.8. The summed E-state index contributed by atoms with van der Waals surface area (Å²) in [6, 6.07) is 6.93. The molecule has 22 heavy (non-hydrogen) atoms. The zero-order chi connectivity index (χ0) is 16.0. The summed E-state index contributed by atoms with van der Waals surface area (Å²) in [5.41, 5.74) is 0.546. The lowest BCUT2D eigenvalue weighted by Crippen LogP contribution is -2.04. The standard InChI is InChI=1S/C19H28O3/c1-3-4-5-6-7-8-9-10-11-16-22-19(20)17-12-14-18(21-2)15-13-17/h10-15H,3-9,16H2,1-2H3/b11-10+. The van der Waals surface area contributed by atoms with Crippen molar-refractivity contribution in [3.05, 3.63) is 42.0 Å². The summed E-state index contributed by atoms with van der Waals surface area (Å²) in [5.74, 6) is 0.433. The number of ether oxygens (including phenoxy) is 2. The maximum Gasteiger partial charge on any atom is 0.338 e. The smallest absolute Gasteiger partial charge is 0.338 e. The summed E-state index contributed by atoms with van der Waals surface area (Å²) >= 11 is 0. The lowest BCUT2D eigenvalue weighted by atomic mass is 10.1.